The van der Waals surface area contributed by atoms with E-state index in [-0.39, 0.29) is 12.5 Å². The normalized spacial score (nSPS) is 16.1. The maximum atomic E-state index is 12.6. The molecule has 5 rings (SSSR count). The van der Waals surface area contributed by atoms with E-state index in [0.717, 1.165) is 27.7 Å². The molecular formula is C25H19N3O2. The van der Waals surface area contributed by atoms with Crippen LogP contribution in [-0.2, 0) is 11.3 Å². The minimum absolute atomic E-state index is 0.145. The first-order chi connectivity index (χ1) is 14.8. The molecular weight excluding hydrogens is 374 g/mol. The van der Waals surface area contributed by atoms with Crippen molar-refractivity contribution in [1.29, 1.82) is 0 Å². The van der Waals surface area contributed by atoms with Crippen LogP contribution in [0.4, 0.5) is 0 Å². The first-order valence-corrected chi connectivity index (χ1v) is 9.78. The molecule has 2 heterocycles. The van der Waals surface area contributed by atoms with Crippen molar-refractivity contribution in [2.24, 2.45) is 9.98 Å². The second-order valence-electron chi connectivity index (χ2n) is 7.08. The third-order valence-corrected chi connectivity index (χ3v) is 5.05. The zero-order valence-corrected chi connectivity index (χ0v) is 16.2. The van der Waals surface area contributed by atoms with Crippen LogP contribution >= 0.6 is 0 Å². The molecule has 0 fully saturated rings. The monoisotopic (exact) mass is 393 g/mol. The van der Waals surface area contributed by atoms with Gasteiger partial charge in [0.15, 0.2) is 12.4 Å². The summed E-state index contributed by atoms with van der Waals surface area (Å²) in [5.74, 6) is 1.44. The number of allylic oxidation sites excluding steroid dienone is 2. The molecule has 0 saturated heterocycles. The van der Waals surface area contributed by atoms with E-state index in [1.54, 1.807) is 0 Å². The van der Waals surface area contributed by atoms with Crippen molar-refractivity contribution in [3.05, 3.63) is 102 Å². The van der Waals surface area contributed by atoms with Crippen molar-refractivity contribution < 1.29 is 9.53 Å². The maximum Gasteiger partial charge on any atom is 0.285 e. The largest absolute Gasteiger partial charge is 0.484 e. The van der Waals surface area contributed by atoms with Crippen molar-refractivity contribution in [2.45, 2.75) is 6.54 Å². The molecule has 2 aliphatic rings. The van der Waals surface area contributed by atoms with Crippen molar-refractivity contribution in [2.75, 3.05) is 6.61 Å². The Labute approximate surface area is 174 Å². The predicted octanol–water partition coefficient (Wildman–Crippen LogP) is 4.49. The zero-order valence-electron chi connectivity index (χ0n) is 16.2. The Morgan fingerprint density at radius 2 is 1.83 bits per heavy atom. The van der Waals surface area contributed by atoms with Crippen LogP contribution in [0.3, 0.4) is 0 Å². The number of aliphatic imine (C=N–C) groups is 2. The molecule has 0 N–H and O–H groups in total. The first kappa shape index (κ1) is 18.1. The third kappa shape index (κ3) is 3.65. The van der Waals surface area contributed by atoms with Gasteiger partial charge in [0.05, 0.1) is 0 Å². The van der Waals surface area contributed by atoms with E-state index < -0.39 is 0 Å². The highest BCUT2D eigenvalue weighted by molar-refractivity contribution is 6.14. The number of nitrogens with zero attached hydrogens (tertiary/aromatic N) is 3. The number of carbonyl (C=O) groups is 1. The average Bonchev–Trinajstić information content (AvgIpc) is 2.94. The smallest absolute Gasteiger partial charge is 0.285 e. The molecule has 0 aliphatic carbocycles. The molecule has 5 heteroatoms. The Kier molecular flexibility index (Phi) is 4.69. The van der Waals surface area contributed by atoms with Gasteiger partial charge in [0, 0.05) is 18.3 Å². The summed E-state index contributed by atoms with van der Waals surface area (Å²) in [7, 11) is 0. The Balaban J connectivity index is 1.40. The highest BCUT2D eigenvalue weighted by Gasteiger charge is 2.20. The molecule has 0 aromatic heterocycles. The van der Waals surface area contributed by atoms with Crippen LogP contribution in [0.5, 0.6) is 5.75 Å². The number of carbonyl (C=O) groups excluding carboxylic acids is 1. The van der Waals surface area contributed by atoms with E-state index in [1.165, 1.54) is 0 Å². The van der Waals surface area contributed by atoms with Crippen LogP contribution in [-0.4, -0.2) is 29.1 Å². The van der Waals surface area contributed by atoms with E-state index in [2.05, 4.69) is 9.98 Å². The summed E-state index contributed by atoms with van der Waals surface area (Å²) >= 11 is 0. The highest BCUT2D eigenvalue weighted by atomic mass is 16.5. The van der Waals surface area contributed by atoms with Crippen molar-refractivity contribution in [3.63, 3.8) is 0 Å². The lowest BCUT2D eigenvalue weighted by Gasteiger charge is -2.20. The molecule has 0 spiro atoms. The van der Waals surface area contributed by atoms with Gasteiger partial charge in [-0.15, -0.1) is 0 Å². The van der Waals surface area contributed by atoms with Crippen LogP contribution in [0.25, 0.3) is 10.8 Å². The molecule has 30 heavy (non-hydrogen) atoms. The number of fused-ring (bicyclic) bond motifs is 3. The summed E-state index contributed by atoms with van der Waals surface area (Å²) in [6.07, 6.45) is 7.78. The van der Waals surface area contributed by atoms with E-state index >= 15 is 0 Å². The van der Waals surface area contributed by atoms with E-state index in [1.807, 2.05) is 96.1 Å². The quantitative estimate of drug-likeness (QED) is 0.659. The summed E-state index contributed by atoms with van der Waals surface area (Å²) in [6, 6.07) is 21.7. The molecule has 3 aromatic rings. The summed E-state index contributed by atoms with van der Waals surface area (Å²) in [4.78, 5) is 23.6. The summed E-state index contributed by atoms with van der Waals surface area (Å²) in [5.41, 5.74) is 1.93. The molecule has 0 atom stereocenters. The number of hydrogen-bond acceptors (Lipinski definition) is 3. The molecule has 0 radical (unpaired) electrons. The van der Waals surface area contributed by atoms with Gasteiger partial charge in [-0.25, -0.2) is 4.99 Å². The highest BCUT2D eigenvalue weighted by Crippen LogP contribution is 2.22. The third-order valence-electron chi connectivity index (χ3n) is 5.05. The number of amides is 1. The molecule has 2 aliphatic heterocycles. The van der Waals surface area contributed by atoms with Gasteiger partial charge in [0.25, 0.3) is 5.91 Å². The molecule has 5 nitrogen and oxygen atoms in total. The van der Waals surface area contributed by atoms with Crippen LogP contribution in [0.1, 0.15) is 11.1 Å². The van der Waals surface area contributed by atoms with Crippen molar-refractivity contribution in [1.82, 2.24) is 4.90 Å². The summed E-state index contributed by atoms with van der Waals surface area (Å²) in [6.45, 7) is 0.533. The fourth-order valence-electron chi connectivity index (χ4n) is 3.57. The summed E-state index contributed by atoms with van der Waals surface area (Å²) < 4.78 is 5.70. The van der Waals surface area contributed by atoms with Crippen LogP contribution in [0.15, 0.2) is 101 Å². The van der Waals surface area contributed by atoms with Gasteiger partial charge < -0.3 is 9.64 Å². The van der Waals surface area contributed by atoms with Gasteiger partial charge in [-0.1, -0.05) is 60.7 Å². The number of amidine groups is 2. The van der Waals surface area contributed by atoms with Crippen LogP contribution in [0, 0.1) is 0 Å². The fourth-order valence-corrected chi connectivity index (χ4v) is 3.57. The van der Waals surface area contributed by atoms with Gasteiger partial charge in [0.2, 0.25) is 0 Å². The van der Waals surface area contributed by atoms with Gasteiger partial charge >= 0.3 is 0 Å². The van der Waals surface area contributed by atoms with Gasteiger partial charge in [-0.2, -0.15) is 4.99 Å². The minimum Gasteiger partial charge on any atom is -0.484 e. The van der Waals surface area contributed by atoms with Gasteiger partial charge in [-0.05, 0) is 40.6 Å². The lowest BCUT2D eigenvalue weighted by Crippen LogP contribution is -2.24. The van der Waals surface area contributed by atoms with E-state index in [4.69, 9.17) is 4.74 Å². The predicted molar refractivity (Wildman–Crippen MR) is 119 cm³/mol. The van der Waals surface area contributed by atoms with Crippen molar-refractivity contribution >= 4 is 28.4 Å². The topological polar surface area (TPSA) is 54.3 Å². The maximum absolute atomic E-state index is 12.6. The Morgan fingerprint density at radius 3 is 2.77 bits per heavy atom. The number of ether oxygens (including phenoxy) is 1. The molecule has 3 aromatic carbocycles. The van der Waals surface area contributed by atoms with E-state index in [9.17, 15) is 4.79 Å². The van der Waals surface area contributed by atoms with Crippen LogP contribution < -0.4 is 4.74 Å². The molecule has 0 unspecified atom stereocenters. The minimum atomic E-state index is -0.374. The fraction of sp³-hybridized carbons (Fsp3) is 0.0800. The molecule has 0 bridgehead atoms. The standard InChI is InChI=1S/C25H19N3O2/c29-24(17-30-21-13-12-18-7-1-2-8-19(18)15-21)27-25-22-10-4-3-9-20(22)16-28-14-6-5-11-23(28)26-25/h1-15H,16-17H2. The van der Waals surface area contributed by atoms with Gasteiger partial charge in [0.1, 0.15) is 11.6 Å². The first-order valence-electron chi connectivity index (χ1n) is 9.78. The Bertz CT molecular complexity index is 1250. The van der Waals surface area contributed by atoms with Gasteiger partial charge in [-0.3, -0.25) is 4.79 Å². The lowest BCUT2D eigenvalue weighted by atomic mass is 10.1. The Morgan fingerprint density at radius 1 is 1.00 bits per heavy atom. The molecule has 146 valence electrons. The average molecular weight is 393 g/mol. The number of hydrogen-bond donors (Lipinski definition) is 0. The van der Waals surface area contributed by atoms with Crippen LogP contribution in [0.2, 0.25) is 0 Å². The second kappa shape index (κ2) is 7.79. The summed E-state index contributed by atoms with van der Waals surface area (Å²) in [5, 5.41) is 2.19. The molecule has 1 amide bonds. The number of benzene rings is 3. The zero-order chi connectivity index (χ0) is 20.3. The SMILES string of the molecule is O=C(COc1ccc2ccccc2c1)N=C1N=C2C=CC=CN2Cc2ccccc21. The van der Waals surface area contributed by atoms with Crippen molar-refractivity contribution in [3.8, 4) is 5.75 Å². The lowest BCUT2D eigenvalue weighted by molar-refractivity contribution is -0.119. The number of rotatable bonds is 3. The Hall–Kier alpha value is -3.99. The van der Waals surface area contributed by atoms with E-state index in [0.29, 0.717) is 18.1 Å². The second-order valence-corrected chi connectivity index (χ2v) is 7.08. The molecule has 0 saturated carbocycles.